The van der Waals surface area contributed by atoms with Gasteiger partial charge in [-0.25, -0.2) is 9.13 Å². The molecule has 0 spiro atoms. The fourth-order valence-corrected chi connectivity index (χ4v) is 14.9. The van der Waals surface area contributed by atoms with Gasteiger partial charge in [0.05, 0.1) is 71.8 Å². The number of rotatable bonds is 36. The first kappa shape index (κ1) is 86.9. The average Bonchev–Trinajstić information content (AvgIpc) is 0.971. The smallest absolute Gasteiger partial charge is 0.335 e. The fourth-order valence-electron chi connectivity index (χ4n) is 8.55. The van der Waals surface area contributed by atoms with Crippen molar-refractivity contribution in [1.29, 1.82) is 0 Å². The van der Waals surface area contributed by atoms with Crippen LogP contribution >= 0.6 is 105 Å². The van der Waals surface area contributed by atoms with Gasteiger partial charge in [0, 0.05) is 47.7 Å². The number of benzene rings is 6. The number of alkyl halides is 4. The van der Waals surface area contributed by atoms with Gasteiger partial charge < -0.3 is 41.1 Å². The Hall–Kier alpha value is -2.11. The minimum Gasteiger partial charge on any atom is -0.382 e. The summed E-state index contributed by atoms with van der Waals surface area (Å²) >= 11 is 14.4. The lowest BCUT2D eigenvalue weighted by Crippen LogP contribution is -2.03. The van der Waals surface area contributed by atoms with Crippen LogP contribution in [-0.2, 0) is 115 Å². The first-order chi connectivity index (χ1) is 43.6. The molecule has 0 aliphatic carbocycles. The van der Waals surface area contributed by atoms with Gasteiger partial charge >= 0.3 is 41.2 Å². The predicted molar refractivity (Wildman–Crippen MR) is 392 cm³/mol. The summed E-state index contributed by atoms with van der Waals surface area (Å²) in [5.74, 6) is 0. The molecule has 6 aromatic rings. The molecule has 0 aromatic heterocycles. The van der Waals surface area contributed by atoms with E-state index in [9.17, 15) is 18.3 Å². The van der Waals surface area contributed by atoms with Gasteiger partial charge in [-0.05, 0) is 189 Å². The maximum absolute atomic E-state index is 13.7. The van der Waals surface area contributed by atoms with Crippen molar-refractivity contribution >= 4 is 105 Å². The normalized spacial score (nSPS) is 11.2. The van der Waals surface area contributed by atoms with Gasteiger partial charge in [0.15, 0.2) is 0 Å². The van der Waals surface area contributed by atoms with Gasteiger partial charge in [-0.3, -0.25) is 18.2 Å². The molecule has 0 saturated heterocycles. The fraction of sp³-hybridized carbons (Fsp3) is 0.463. The third-order valence-electron chi connectivity index (χ3n) is 12.4. The van der Waals surface area contributed by atoms with Crippen LogP contribution in [-0.4, -0.2) is 72.7 Å². The molecule has 0 heterocycles. The monoisotopic (exact) mass is 1610 g/mol. The summed E-state index contributed by atoms with van der Waals surface area (Å²) in [5.41, 5.74) is 16.6. The van der Waals surface area contributed by atoms with Crippen molar-refractivity contribution in [3.8, 4) is 44.5 Å². The zero-order valence-electron chi connectivity index (χ0n) is 53.9. The van der Waals surface area contributed by atoms with Gasteiger partial charge in [-0.2, -0.15) is 0 Å². The Kier molecular flexibility index (Phi) is 49.7. The van der Waals surface area contributed by atoms with Crippen molar-refractivity contribution in [2.24, 2.45) is 0 Å². The van der Waals surface area contributed by atoms with Gasteiger partial charge in [-0.1, -0.05) is 168 Å². The molecule has 6 rings (SSSR count). The molecule has 6 aromatic carbocycles. The Balaban J connectivity index is 0.000000734. The Morgan fingerprint density at radius 2 is 0.648 bits per heavy atom. The highest BCUT2D eigenvalue weighted by atomic mass is 79.9. The Labute approximate surface area is 582 Å². The summed E-state index contributed by atoms with van der Waals surface area (Å²) in [6.45, 7) is 27.3. The summed E-state index contributed by atoms with van der Waals surface area (Å²) in [6, 6.07) is 41.1. The summed E-state index contributed by atoms with van der Waals surface area (Å²) in [4.78, 5) is 0. The van der Waals surface area contributed by atoms with Gasteiger partial charge in [0.1, 0.15) is 0 Å². The maximum Gasteiger partial charge on any atom is 0.335 e. The van der Waals surface area contributed by atoms with Crippen LogP contribution in [0.4, 0.5) is 0 Å². The highest BCUT2D eigenvalue weighted by molar-refractivity contribution is 9.09. The summed E-state index contributed by atoms with van der Waals surface area (Å²) in [5, 5.41) is 3.43. The minimum absolute atomic E-state index is 0. The van der Waals surface area contributed by atoms with Crippen molar-refractivity contribution in [3.05, 3.63) is 166 Å². The SMILES string of the molecule is BrCc1ccc(-c2cc(CBr)c(-c3ccc(CBr)cc3)cc2CBr)cc1.C.CCOCC.CCOCC.CCOP(=O)(Cc1ccc(-c2cc(CP(=O)(OCC)OCC)c(-c3ccc(COP=O)cc3)cc2COP=O)cc1)OCC.CCOP(OCC)OCC. The second kappa shape index (κ2) is 52.1. The molecule has 506 valence electrons. The zero-order chi connectivity index (χ0) is 66.6. The summed E-state index contributed by atoms with van der Waals surface area (Å²) < 4.78 is 106. The Morgan fingerprint density at radius 1 is 0.352 bits per heavy atom. The van der Waals surface area contributed by atoms with E-state index in [2.05, 4.69) is 124 Å². The van der Waals surface area contributed by atoms with E-state index in [0.717, 1.165) is 92.3 Å². The molecule has 0 bridgehead atoms. The standard InChI is InChI=1S/C30H38O10P4.C22H18Br4.C6H15O3P.2C4H10O.CH4/c1-5-37-43(33,38-6-2)21-24-11-15-25(16-12-24)29-18-28(22-44(34,39-7-3)40-8-4)30(17-27(29)20-36-42-32)26-13-9-23(10-14-26)19-35-41-31;23-11-15-1-5-17(6-2-15)21-9-20(14-26)22(10-19(21)13-25)18-7-3-16(12-24)4-8-18;1-4-7-10(8-5-2)9-6-3;2*1-3-5-4-2;/h9-18H,5-8,19-22H2,1-4H3;1-10H,11-14H2;4-6H2,1-3H3;2*3-4H2,1-2H3;1H4. The molecular formula is C67H95Br4O15P5. The Bertz CT molecular complexity index is 2880. The zero-order valence-corrected chi connectivity index (χ0v) is 64.7. The lowest BCUT2D eigenvalue weighted by molar-refractivity contribution is 0.162. The lowest BCUT2D eigenvalue weighted by atomic mass is 9.91. The van der Waals surface area contributed by atoms with E-state index in [1.165, 1.54) is 44.5 Å². The topological polar surface area (TPSA) is 170 Å². The largest absolute Gasteiger partial charge is 0.382 e. The number of halogens is 4. The van der Waals surface area contributed by atoms with Crippen molar-refractivity contribution in [2.75, 3.05) is 72.7 Å². The van der Waals surface area contributed by atoms with Crippen LogP contribution in [0.15, 0.2) is 121 Å². The van der Waals surface area contributed by atoms with E-state index in [0.29, 0.717) is 19.8 Å². The van der Waals surface area contributed by atoms with Crippen LogP contribution in [0.2, 0.25) is 0 Å². The molecule has 0 radical (unpaired) electrons. The first-order valence-corrected chi connectivity index (χ1v) is 40.5. The van der Waals surface area contributed by atoms with Crippen molar-refractivity contribution in [1.82, 2.24) is 0 Å². The quantitative estimate of drug-likeness (QED) is 0.0269. The molecular weight excluding hydrogens is 1520 g/mol. The van der Waals surface area contributed by atoms with E-state index in [-0.39, 0.29) is 59.4 Å². The minimum atomic E-state index is -3.50. The van der Waals surface area contributed by atoms with Crippen molar-refractivity contribution < 1.29 is 68.4 Å². The van der Waals surface area contributed by atoms with Crippen LogP contribution in [0.5, 0.6) is 0 Å². The highest BCUT2D eigenvalue weighted by Gasteiger charge is 2.28. The second-order valence-corrected chi connectivity index (χ2v) is 27.0. The van der Waals surface area contributed by atoms with Crippen LogP contribution < -0.4 is 0 Å². The van der Waals surface area contributed by atoms with Gasteiger partial charge in [0.25, 0.3) is 0 Å². The van der Waals surface area contributed by atoms with E-state index >= 15 is 0 Å². The third-order valence-corrected chi connectivity index (χ3v) is 20.9. The molecule has 0 saturated carbocycles. The molecule has 0 aliphatic rings. The summed E-state index contributed by atoms with van der Waals surface area (Å²) in [6.07, 6.45) is 0.146. The van der Waals surface area contributed by atoms with Gasteiger partial charge in [-0.15, -0.1) is 0 Å². The first-order valence-electron chi connectivity index (χ1n) is 30.0. The third kappa shape index (κ3) is 32.7. The van der Waals surface area contributed by atoms with E-state index < -0.39 is 41.2 Å². The Morgan fingerprint density at radius 3 is 0.956 bits per heavy atom. The molecule has 0 aliphatic heterocycles. The molecule has 15 nitrogen and oxygen atoms in total. The van der Waals surface area contributed by atoms with Crippen molar-refractivity contribution in [2.45, 2.75) is 130 Å². The van der Waals surface area contributed by atoms with Crippen LogP contribution in [0.1, 0.15) is 128 Å². The molecule has 24 heteroatoms. The van der Waals surface area contributed by atoms with Gasteiger partial charge in [0.2, 0.25) is 0 Å². The molecule has 0 atom stereocenters. The molecule has 91 heavy (non-hydrogen) atoms. The molecule has 0 fully saturated rings. The van der Waals surface area contributed by atoms with Crippen LogP contribution in [0, 0.1) is 0 Å². The van der Waals surface area contributed by atoms with E-state index in [1.54, 1.807) is 27.7 Å². The number of ether oxygens (including phenoxy) is 2. The lowest BCUT2D eigenvalue weighted by Gasteiger charge is -2.21. The predicted octanol–water partition coefficient (Wildman–Crippen LogP) is 23.6. The second-order valence-electron chi connectivity index (χ2n) is 18.6. The van der Waals surface area contributed by atoms with E-state index in [1.807, 2.05) is 109 Å². The maximum atomic E-state index is 13.7. The number of hydrogen-bond donors (Lipinski definition) is 0. The van der Waals surface area contributed by atoms with E-state index in [4.69, 9.17) is 50.2 Å². The summed E-state index contributed by atoms with van der Waals surface area (Å²) in [7, 11) is -8.71. The number of hydrogen-bond acceptors (Lipinski definition) is 15. The van der Waals surface area contributed by atoms with Crippen LogP contribution in [0.25, 0.3) is 44.5 Å². The van der Waals surface area contributed by atoms with Crippen molar-refractivity contribution in [3.63, 3.8) is 0 Å². The van der Waals surface area contributed by atoms with Crippen LogP contribution in [0.3, 0.4) is 0 Å². The highest BCUT2D eigenvalue weighted by Crippen LogP contribution is 2.54. The molecule has 0 unspecified atom stereocenters. The molecule has 0 N–H and O–H groups in total. The molecule has 0 amide bonds. The average molecular weight is 1610 g/mol.